The third-order valence-corrected chi connectivity index (χ3v) is 3.97. The number of terminal acetylenes is 1. The van der Waals surface area contributed by atoms with E-state index in [1.54, 1.807) is 0 Å². The molecule has 2 rings (SSSR count). The first-order chi connectivity index (χ1) is 11.1. The molecule has 0 amide bonds. The van der Waals surface area contributed by atoms with Gasteiger partial charge in [-0.15, -0.1) is 12.3 Å². The van der Waals surface area contributed by atoms with Gasteiger partial charge in [0.1, 0.15) is 0 Å². The highest BCUT2D eigenvalue weighted by Gasteiger charge is 2.34. The molecule has 1 aliphatic heterocycles. The van der Waals surface area contributed by atoms with Gasteiger partial charge < -0.3 is 14.2 Å². The fourth-order valence-corrected chi connectivity index (χ4v) is 2.98. The number of unbranched alkanes of at least 4 members (excludes halogenated alkanes) is 1. The molecule has 3 heteroatoms. The average molecular weight is 316 g/mol. The van der Waals surface area contributed by atoms with E-state index in [0.29, 0.717) is 13.2 Å². The van der Waals surface area contributed by atoms with Gasteiger partial charge in [-0.25, -0.2) is 0 Å². The van der Waals surface area contributed by atoms with Gasteiger partial charge in [0.15, 0.2) is 5.79 Å². The first kappa shape index (κ1) is 18.0. The van der Waals surface area contributed by atoms with Crippen LogP contribution in [0.4, 0.5) is 0 Å². The standard InChI is InChI=1S/C20H28O3/c1-4-5-7-12-18-15-19(23-20(2,3)22-18)13-14-21-16-17-10-8-6-9-11-17/h1,6,8-11,18-19H,5,7,12-16H2,2-3H3/t18-,19-/m0/s1. The van der Waals surface area contributed by atoms with Gasteiger partial charge in [-0.3, -0.25) is 0 Å². The van der Waals surface area contributed by atoms with Crippen LogP contribution < -0.4 is 0 Å². The lowest BCUT2D eigenvalue weighted by molar-refractivity contribution is -0.302. The van der Waals surface area contributed by atoms with Gasteiger partial charge in [0.2, 0.25) is 0 Å². The number of hydrogen-bond acceptors (Lipinski definition) is 3. The molecule has 0 aromatic heterocycles. The summed E-state index contributed by atoms with van der Waals surface area (Å²) in [7, 11) is 0. The Bertz CT molecular complexity index is 489. The molecule has 0 aliphatic carbocycles. The quantitative estimate of drug-likeness (QED) is 0.528. The number of hydrogen-bond donors (Lipinski definition) is 0. The van der Waals surface area contributed by atoms with Gasteiger partial charge in [-0.1, -0.05) is 30.3 Å². The molecule has 1 fully saturated rings. The third kappa shape index (κ3) is 6.74. The summed E-state index contributed by atoms with van der Waals surface area (Å²) in [5.41, 5.74) is 1.20. The van der Waals surface area contributed by atoms with Gasteiger partial charge in [0.25, 0.3) is 0 Å². The number of rotatable bonds is 8. The van der Waals surface area contributed by atoms with Crippen molar-refractivity contribution in [3.05, 3.63) is 35.9 Å². The minimum Gasteiger partial charge on any atom is -0.377 e. The maximum atomic E-state index is 6.02. The first-order valence-electron chi connectivity index (χ1n) is 8.50. The van der Waals surface area contributed by atoms with E-state index in [2.05, 4.69) is 18.1 Å². The second-order valence-electron chi connectivity index (χ2n) is 6.54. The second kappa shape index (κ2) is 9.08. The van der Waals surface area contributed by atoms with Crippen LogP contribution in [-0.2, 0) is 20.8 Å². The summed E-state index contributed by atoms with van der Waals surface area (Å²) < 4.78 is 17.8. The van der Waals surface area contributed by atoms with Gasteiger partial charge in [0.05, 0.1) is 18.8 Å². The van der Waals surface area contributed by atoms with E-state index in [1.807, 2.05) is 32.0 Å². The molecule has 0 bridgehead atoms. The maximum absolute atomic E-state index is 6.02. The molecule has 1 heterocycles. The molecule has 0 N–H and O–H groups in total. The summed E-state index contributed by atoms with van der Waals surface area (Å²) in [5.74, 6) is 2.17. The summed E-state index contributed by atoms with van der Waals surface area (Å²) in [6.07, 6.45) is 10.4. The zero-order chi connectivity index (χ0) is 16.5. The third-order valence-electron chi connectivity index (χ3n) is 3.97. The molecule has 23 heavy (non-hydrogen) atoms. The topological polar surface area (TPSA) is 27.7 Å². The molecule has 0 unspecified atom stereocenters. The minimum absolute atomic E-state index is 0.186. The van der Waals surface area contributed by atoms with E-state index >= 15 is 0 Å². The Morgan fingerprint density at radius 3 is 2.57 bits per heavy atom. The van der Waals surface area contributed by atoms with Crippen molar-refractivity contribution in [1.82, 2.24) is 0 Å². The predicted octanol–water partition coefficient (Wildman–Crippen LogP) is 4.31. The monoisotopic (exact) mass is 316 g/mol. The second-order valence-corrected chi connectivity index (χ2v) is 6.54. The summed E-state index contributed by atoms with van der Waals surface area (Å²) in [6.45, 7) is 5.32. The zero-order valence-corrected chi connectivity index (χ0v) is 14.3. The van der Waals surface area contributed by atoms with Gasteiger partial charge in [-0.2, -0.15) is 0 Å². The highest BCUT2D eigenvalue weighted by molar-refractivity contribution is 5.13. The van der Waals surface area contributed by atoms with E-state index in [4.69, 9.17) is 20.6 Å². The van der Waals surface area contributed by atoms with Crippen LogP contribution in [0, 0.1) is 12.3 Å². The molecule has 0 radical (unpaired) electrons. The lowest BCUT2D eigenvalue weighted by atomic mass is 10.0. The predicted molar refractivity (Wildman–Crippen MR) is 91.8 cm³/mol. The van der Waals surface area contributed by atoms with Crippen molar-refractivity contribution < 1.29 is 14.2 Å². The molecular formula is C20H28O3. The Labute approximate surface area is 140 Å². The maximum Gasteiger partial charge on any atom is 0.163 e. The van der Waals surface area contributed by atoms with E-state index in [-0.39, 0.29) is 12.2 Å². The van der Waals surface area contributed by atoms with Gasteiger partial charge >= 0.3 is 0 Å². The number of ether oxygens (including phenoxy) is 3. The Kier molecular flexibility index (Phi) is 7.11. The fourth-order valence-electron chi connectivity index (χ4n) is 2.98. The highest BCUT2D eigenvalue weighted by atomic mass is 16.7. The summed E-state index contributed by atoms with van der Waals surface area (Å²) >= 11 is 0. The van der Waals surface area contributed by atoms with Crippen LogP contribution in [0.2, 0.25) is 0 Å². The Hall–Kier alpha value is -1.34. The lowest BCUT2D eigenvalue weighted by Gasteiger charge is -2.41. The van der Waals surface area contributed by atoms with Crippen molar-refractivity contribution in [1.29, 1.82) is 0 Å². The van der Waals surface area contributed by atoms with Crippen LogP contribution in [-0.4, -0.2) is 24.6 Å². The Morgan fingerprint density at radius 2 is 1.87 bits per heavy atom. The van der Waals surface area contributed by atoms with Crippen LogP contribution in [0.25, 0.3) is 0 Å². The normalized spacial score (nSPS) is 23.3. The average Bonchev–Trinajstić information content (AvgIpc) is 2.51. The molecule has 0 spiro atoms. The van der Waals surface area contributed by atoms with E-state index in [0.717, 1.165) is 32.1 Å². The molecule has 126 valence electrons. The summed E-state index contributed by atoms with van der Waals surface area (Å²) in [5, 5.41) is 0. The Morgan fingerprint density at radius 1 is 1.17 bits per heavy atom. The van der Waals surface area contributed by atoms with Crippen molar-refractivity contribution in [2.45, 2.75) is 70.6 Å². The molecule has 1 saturated heterocycles. The van der Waals surface area contributed by atoms with Gasteiger partial charge in [-0.05, 0) is 38.7 Å². The van der Waals surface area contributed by atoms with E-state index < -0.39 is 5.79 Å². The molecular weight excluding hydrogens is 288 g/mol. The Balaban J connectivity index is 1.71. The molecule has 1 aromatic rings. The molecule has 0 saturated carbocycles. The van der Waals surface area contributed by atoms with E-state index in [1.165, 1.54) is 5.56 Å². The summed E-state index contributed by atoms with van der Waals surface area (Å²) in [4.78, 5) is 0. The van der Waals surface area contributed by atoms with Crippen molar-refractivity contribution in [3.63, 3.8) is 0 Å². The van der Waals surface area contributed by atoms with Crippen molar-refractivity contribution >= 4 is 0 Å². The van der Waals surface area contributed by atoms with Crippen LogP contribution in [0.15, 0.2) is 30.3 Å². The SMILES string of the molecule is C#CCCC[C@H]1C[C@H](CCOCc2ccccc2)OC(C)(C)O1. The van der Waals surface area contributed by atoms with Crippen molar-refractivity contribution in [2.24, 2.45) is 0 Å². The van der Waals surface area contributed by atoms with Crippen LogP contribution in [0.3, 0.4) is 0 Å². The highest BCUT2D eigenvalue weighted by Crippen LogP contribution is 2.30. The van der Waals surface area contributed by atoms with Gasteiger partial charge in [0, 0.05) is 19.4 Å². The number of benzene rings is 1. The molecule has 1 aliphatic rings. The van der Waals surface area contributed by atoms with Crippen molar-refractivity contribution in [3.8, 4) is 12.3 Å². The van der Waals surface area contributed by atoms with Crippen LogP contribution >= 0.6 is 0 Å². The largest absolute Gasteiger partial charge is 0.377 e. The fraction of sp³-hybridized carbons (Fsp3) is 0.600. The zero-order valence-electron chi connectivity index (χ0n) is 14.3. The first-order valence-corrected chi connectivity index (χ1v) is 8.50. The molecule has 2 atom stereocenters. The van der Waals surface area contributed by atoms with Crippen LogP contribution in [0.1, 0.15) is 51.5 Å². The smallest absolute Gasteiger partial charge is 0.163 e. The molecule has 3 nitrogen and oxygen atoms in total. The van der Waals surface area contributed by atoms with E-state index in [9.17, 15) is 0 Å². The van der Waals surface area contributed by atoms with Crippen molar-refractivity contribution in [2.75, 3.05) is 6.61 Å². The molecule has 1 aromatic carbocycles. The van der Waals surface area contributed by atoms with Crippen LogP contribution in [0.5, 0.6) is 0 Å². The minimum atomic E-state index is -0.525. The lowest BCUT2D eigenvalue weighted by Crippen LogP contribution is -2.44. The summed E-state index contributed by atoms with van der Waals surface area (Å²) in [6, 6.07) is 10.2.